The van der Waals surface area contributed by atoms with Gasteiger partial charge in [-0.15, -0.1) is 0 Å². The molecular formula is C34H50INO7. The summed E-state index contributed by atoms with van der Waals surface area (Å²) in [6.45, 7) is 5.82. The van der Waals surface area contributed by atoms with Gasteiger partial charge in [-0.3, -0.25) is 9.59 Å². The number of fused-ring (bicyclic) bond motifs is 3. The molecule has 8 nitrogen and oxygen atoms in total. The minimum absolute atomic E-state index is 0.00225. The van der Waals surface area contributed by atoms with Crippen molar-refractivity contribution in [2.24, 2.45) is 17.8 Å². The van der Waals surface area contributed by atoms with Crippen LogP contribution in [0, 0.1) is 17.8 Å². The van der Waals surface area contributed by atoms with Gasteiger partial charge < -0.3 is 24.6 Å². The van der Waals surface area contributed by atoms with Crippen molar-refractivity contribution in [1.82, 2.24) is 4.90 Å². The summed E-state index contributed by atoms with van der Waals surface area (Å²) in [7, 11) is 0. The van der Waals surface area contributed by atoms with E-state index in [0.29, 0.717) is 32.1 Å². The fourth-order valence-electron chi connectivity index (χ4n) is 6.94. The number of amides is 1. The average Bonchev–Trinajstić information content (AvgIpc) is 3.13. The Balaban J connectivity index is 1.64. The summed E-state index contributed by atoms with van der Waals surface area (Å²) in [5.74, 6) is -5.76. The normalized spacial score (nSPS) is 36.5. The Morgan fingerprint density at radius 1 is 0.930 bits per heavy atom. The quantitative estimate of drug-likeness (QED) is 0.187. The van der Waals surface area contributed by atoms with Crippen molar-refractivity contribution in [3.8, 4) is 0 Å². The van der Waals surface area contributed by atoms with Crippen LogP contribution in [0.2, 0.25) is 0 Å². The number of nitrogens with zero attached hydrogens (tertiary/aromatic N) is 1. The van der Waals surface area contributed by atoms with Gasteiger partial charge >= 0.3 is 11.8 Å². The topological polar surface area (TPSA) is 113 Å². The number of halogens is 1. The van der Waals surface area contributed by atoms with Crippen LogP contribution in [0.25, 0.3) is 0 Å². The van der Waals surface area contributed by atoms with E-state index in [1.54, 1.807) is 6.92 Å². The summed E-state index contributed by atoms with van der Waals surface area (Å²) in [5, 5.41) is 23.0. The van der Waals surface area contributed by atoms with Gasteiger partial charge in [-0.2, -0.15) is 0 Å². The molecule has 3 heterocycles. The number of aliphatic hydroxyl groups is 2. The third-order valence-corrected chi connectivity index (χ3v) is 11.1. The fourth-order valence-corrected chi connectivity index (χ4v) is 7.96. The van der Waals surface area contributed by atoms with Gasteiger partial charge in [0.2, 0.25) is 5.78 Å². The summed E-state index contributed by atoms with van der Waals surface area (Å²) < 4.78 is 12.3. The molecule has 0 saturated carbocycles. The summed E-state index contributed by atoms with van der Waals surface area (Å²) in [4.78, 5) is 42.8. The number of carbonyl (C=O) groups excluding carboxylic acids is 3. The molecule has 0 radical (unpaired) electrons. The zero-order valence-corrected chi connectivity index (χ0v) is 28.1. The number of rotatable bonds is 3. The lowest BCUT2D eigenvalue weighted by Gasteiger charge is -2.41. The predicted molar refractivity (Wildman–Crippen MR) is 172 cm³/mol. The number of aliphatic hydroxyl groups excluding tert-OH is 1. The number of Topliss-reactive ketones (excluding diaryl/α,β-unsaturated/α-hetero) is 1. The lowest BCUT2D eigenvalue weighted by Crippen LogP contribution is -2.62. The molecule has 1 aromatic carbocycles. The lowest BCUT2D eigenvalue weighted by molar-refractivity contribution is -0.237. The molecule has 240 valence electrons. The van der Waals surface area contributed by atoms with E-state index in [0.717, 1.165) is 44.9 Å². The monoisotopic (exact) mass is 711 g/mol. The smallest absolute Gasteiger partial charge is 0.329 e. The Morgan fingerprint density at radius 3 is 2.33 bits per heavy atom. The Hall–Kier alpha value is -1.56. The molecule has 0 aliphatic carbocycles. The Kier molecular flexibility index (Phi) is 12.5. The minimum Gasteiger partial charge on any atom is -0.460 e. The van der Waals surface area contributed by atoms with E-state index in [4.69, 9.17) is 9.47 Å². The van der Waals surface area contributed by atoms with E-state index >= 15 is 0 Å². The van der Waals surface area contributed by atoms with Gasteiger partial charge in [0, 0.05) is 18.4 Å². The van der Waals surface area contributed by atoms with Gasteiger partial charge in [-0.25, -0.2) is 4.79 Å². The molecule has 2 bridgehead atoms. The maximum Gasteiger partial charge on any atom is 0.329 e. The highest BCUT2D eigenvalue weighted by Crippen LogP contribution is 2.36. The SMILES string of the molecule is CC1CC[C@H]2OC(O)(C1=O)C(=O)N1CCCCC1C(=O)OC(C(I)Cc1ccccc1)CCCCCCC(C)C(O)C2C. The predicted octanol–water partition coefficient (Wildman–Crippen LogP) is 5.39. The van der Waals surface area contributed by atoms with Gasteiger partial charge in [-0.05, 0) is 69.3 Å². The number of ether oxygens (including phenoxy) is 2. The standard InChI is InChI=1S/C34H50INO7/c1-22-13-7-4-5-10-17-29(26(35)21-25-14-8-6-9-15-25)42-32(39)27-16-11-12-20-36(27)33(40)34(41)31(38)23(2)18-19-28(43-34)24(3)30(22)37/h6,8-9,14-15,22-24,26-30,37,41H,4-5,7,10-13,16-21H2,1-3H3/t22?,23?,24?,26?,27?,28-,29?,30?,34?/m1/s1. The van der Waals surface area contributed by atoms with Crippen LogP contribution in [-0.2, 0) is 30.3 Å². The zero-order valence-electron chi connectivity index (χ0n) is 26.0. The fraction of sp³-hybridized carbons (Fsp3) is 0.735. The van der Waals surface area contributed by atoms with Crippen molar-refractivity contribution in [2.75, 3.05) is 6.54 Å². The van der Waals surface area contributed by atoms with E-state index in [-0.39, 0.29) is 28.4 Å². The number of ketones is 1. The molecule has 3 aliphatic rings. The molecule has 9 heteroatoms. The molecule has 3 saturated heterocycles. The summed E-state index contributed by atoms with van der Waals surface area (Å²) in [6.07, 6.45) is 7.16. The number of hydrogen-bond donors (Lipinski definition) is 2. The zero-order chi connectivity index (χ0) is 31.1. The van der Waals surface area contributed by atoms with E-state index in [1.807, 2.05) is 32.0 Å². The highest BCUT2D eigenvalue weighted by molar-refractivity contribution is 14.1. The van der Waals surface area contributed by atoms with Crippen LogP contribution >= 0.6 is 22.6 Å². The van der Waals surface area contributed by atoms with E-state index in [9.17, 15) is 24.6 Å². The van der Waals surface area contributed by atoms with Crippen molar-refractivity contribution in [3.05, 3.63) is 35.9 Å². The number of esters is 1. The highest BCUT2D eigenvalue weighted by atomic mass is 127. The van der Waals surface area contributed by atoms with Gasteiger partial charge in [0.15, 0.2) is 0 Å². The summed E-state index contributed by atoms with van der Waals surface area (Å²) in [6, 6.07) is 9.24. The molecule has 0 aromatic heterocycles. The van der Waals surface area contributed by atoms with Gasteiger partial charge in [0.25, 0.3) is 5.91 Å². The van der Waals surface area contributed by atoms with Crippen LogP contribution in [0.5, 0.6) is 0 Å². The molecule has 0 spiro atoms. The van der Waals surface area contributed by atoms with Crippen LogP contribution in [0.1, 0.15) is 97.0 Å². The maximum absolute atomic E-state index is 14.1. The molecule has 3 aliphatic heterocycles. The molecule has 2 N–H and O–H groups in total. The first-order valence-corrected chi connectivity index (χ1v) is 17.6. The van der Waals surface area contributed by atoms with Crippen molar-refractivity contribution < 1.29 is 34.1 Å². The molecule has 4 rings (SSSR count). The van der Waals surface area contributed by atoms with Gasteiger partial charge in [0.05, 0.1) is 16.1 Å². The van der Waals surface area contributed by atoms with Crippen molar-refractivity contribution in [2.45, 2.75) is 132 Å². The molecule has 43 heavy (non-hydrogen) atoms. The number of cyclic esters (lactones) is 1. The van der Waals surface area contributed by atoms with Gasteiger partial charge in [-0.1, -0.05) is 93.0 Å². The van der Waals surface area contributed by atoms with E-state index in [1.165, 1.54) is 10.5 Å². The second kappa shape index (κ2) is 15.6. The third-order valence-electron chi connectivity index (χ3n) is 9.86. The number of carbonyl (C=O) groups is 3. The average molecular weight is 712 g/mol. The first-order chi connectivity index (χ1) is 20.5. The largest absolute Gasteiger partial charge is 0.460 e. The minimum atomic E-state index is -2.71. The van der Waals surface area contributed by atoms with Crippen molar-refractivity contribution in [1.29, 1.82) is 0 Å². The number of hydrogen-bond acceptors (Lipinski definition) is 7. The second-order valence-corrected chi connectivity index (χ2v) is 14.8. The van der Waals surface area contributed by atoms with Crippen molar-refractivity contribution in [3.63, 3.8) is 0 Å². The molecule has 9 atom stereocenters. The highest BCUT2D eigenvalue weighted by Gasteiger charge is 2.55. The molecule has 3 fully saturated rings. The van der Waals surface area contributed by atoms with Crippen LogP contribution in [0.3, 0.4) is 0 Å². The van der Waals surface area contributed by atoms with E-state index < -0.39 is 47.6 Å². The molecule has 1 amide bonds. The third kappa shape index (κ3) is 8.38. The van der Waals surface area contributed by atoms with Crippen LogP contribution in [0.4, 0.5) is 0 Å². The number of piperidine rings is 1. The van der Waals surface area contributed by atoms with Crippen LogP contribution in [-0.4, -0.2) is 73.4 Å². The van der Waals surface area contributed by atoms with Crippen molar-refractivity contribution >= 4 is 40.3 Å². The first kappa shape index (κ1) is 34.3. The number of benzene rings is 1. The number of alkyl halides is 1. The molecule has 8 unspecified atom stereocenters. The Labute approximate surface area is 270 Å². The Morgan fingerprint density at radius 2 is 1.60 bits per heavy atom. The maximum atomic E-state index is 14.1. The van der Waals surface area contributed by atoms with Gasteiger partial charge in [0.1, 0.15) is 12.1 Å². The second-order valence-electron chi connectivity index (χ2n) is 13.2. The Bertz CT molecular complexity index is 1090. The first-order valence-electron chi connectivity index (χ1n) is 16.3. The summed E-state index contributed by atoms with van der Waals surface area (Å²) in [5.41, 5.74) is 1.17. The van der Waals surface area contributed by atoms with Crippen LogP contribution in [0.15, 0.2) is 30.3 Å². The van der Waals surface area contributed by atoms with Crippen LogP contribution < -0.4 is 0 Å². The molecule has 1 aromatic rings. The van der Waals surface area contributed by atoms with E-state index in [2.05, 4.69) is 34.7 Å². The molecular weight excluding hydrogens is 661 g/mol. The lowest BCUT2D eigenvalue weighted by atomic mass is 9.84. The summed E-state index contributed by atoms with van der Waals surface area (Å²) >= 11 is 2.38.